The molecule has 1 aromatic heterocycles. The minimum Gasteiger partial charge on any atom is -0.381 e. The first-order valence-corrected chi connectivity index (χ1v) is 10.5. The Hall–Kier alpha value is -2.01. The molecule has 0 saturated carbocycles. The van der Waals surface area contributed by atoms with Crippen LogP contribution >= 0.6 is 11.6 Å². The van der Waals surface area contributed by atoms with Gasteiger partial charge in [0.15, 0.2) is 5.82 Å². The Kier molecular flexibility index (Phi) is 6.04. The fourth-order valence-corrected chi connectivity index (χ4v) is 4.29. The maximum absolute atomic E-state index is 14.4. The molecule has 0 radical (unpaired) electrons. The van der Waals surface area contributed by atoms with Gasteiger partial charge in [-0.15, -0.1) is 4.83 Å². The number of aryl methyl sites for hydroxylation is 2. The van der Waals surface area contributed by atoms with Crippen molar-refractivity contribution in [2.24, 2.45) is 7.05 Å². The summed E-state index contributed by atoms with van der Waals surface area (Å²) in [4.78, 5) is 18.8. The molecular formula is C17H20ClFN4O4S. The van der Waals surface area contributed by atoms with Crippen LogP contribution in [0, 0.1) is 12.7 Å². The summed E-state index contributed by atoms with van der Waals surface area (Å²) < 4.78 is 45.9. The van der Waals surface area contributed by atoms with Gasteiger partial charge in [-0.2, -0.15) is 0 Å². The molecule has 2 N–H and O–H groups in total. The highest BCUT2D eigenvalue weighted by Crippen LogP contribution is 2.27. The van der Waals surface area contributed by atoms with Crippen molar-refractivity contribution in [3.05, 3.63) is 40.6 Å². The first-order valence-electron chi connectivity index (χ1n) is 8.57. The molecule has 3 rings (SSSR count). The Bertz CT molecular complexity index is 983. The molecule has 0 aliphatic carbocycles. The number of aromatic nitrogens is 2. The molecule has 28 heavy (non-hydrogen) atoms. The molecular weight excluding hydrogens is 411 g/mol. The number of rotatable bonds is 5. The number of hydrogen-bond donors (Lipinski definition) is 2. The van der Waals surface area contributed by atoms with Crippen LogP contribution in [0.15, 0.2) is 18.3 Å². The molecule has 0 bridgehead atoms. The molecule has 2 heterocycles. The summed E-state index contributed by atoms with van der Waals surface area (Å²) in [7, 11) is -2.01. The van der Waals surface area contributed by atoms with Crippen LogP contribution in [-0.2, 0) is 21.8 Å². The van der Waals surface area contributed by atoms with Crippen molar-refractivity contribution >= 4 is 27.5 Å². The van der Waals surface area contributed by atoms with Gasteiger partial charge in [0.2, 0.25) is 10.0 Å². The van der Waals surface area contributed by atoms with Crippen molar-refractivity contribution in [2.45, 2.75) is 25.0 Å². The lowest BCUT2D eigenvalue weighted by atomic mass is 10.1. The van der Waals surface area contributed by atoms with Crippen LogP contribution < -0.4 is 10.3 Å². The van der Waals surface area contributed by atoms with E-state index in [9.17, 15) is 17.6 Å². The van der Waals surface area contributed by atoms with E-state index in [0.29, 0.717) is 37.3 Å². The molecule has 11 heteroatoms. The lowest BCUT2D eigenvalue weighted by Crippen LogP contribution is -2.47. The minimum atomic E-state index is -3.81. The Morgan fingerprint density at radius 2 is 2.04 bits per heavy atom. The molecule has 1 amide bonds. The van der Waals surface area contributed by atoms with Crippen LogP contribution in [0.25, 0.3) is 11.3 Å². The molecule has 0 atom stereocenters. The lowest BCUT2D eigenvalue weighted by molar-refractivity contribution is 0.0934. The van der Waals surface area contributed by atoms with Crippen molar-refractivity contribution in [1.29, 1.82) is 0 Å². The lowest BCUT2D eigenvalue weighted by Gasteiger charge is -2.22. The standard InChI is InChI=1S/C17H20ClFN4O4S/c1-10-20-15(9-23(10)2)11-7-13(16(19)14(18)8-11)17(24)21-22-28(25,26)12-3-5-27-6-4-12/h7-9,12,22H,3-6H2,1-2H3,(H,21,24). The van der Waals surface area contributed by atoms with E-state index < -0.39 is 27.0 Å². The summed E-state index contributed by atoms with van der Waals surface area (Å²) in [5.74, 6) is -1.17. The molecule has 1 saturated heterocycles. The zero-order chi connectivity index (χ0) is 20.5. The van der Waals surface area contributed by atoms with Crippen molar-refractivity contribution in [1.82, 2.24) is 19.8 Å². The summed E-state index contributed by atoms with van der Waals surface area (Å²) in [5.41, 5.74) is 2.62. The van der Waals surface area contributed by atoms with Gasteiger partial charge in [-0.25, -0.2) is 17.8 Å². The molecule has 0 unspecified atom stereocenters. The normalized spacial score (nSPS) is 15.6. The number of hydrogen-bond acceptors (Lipinski definition) is 5. The largest absolute Gasteiger partial charge is 0.381 e. The topological polar surface area (TPSA) is 102 Å². The predicted octanol–water partition coefficient (Wildman–Crippen LogP) is 1.93. The monoisotopic (exact) mass is 430 g/mol. The van der Waals surface area contributed by atoms with E-state index >= 15 is 0 Å². The third-order valence-corrected chi connectivity index (χ3v) is 6.60. The molecule has 1 aromatic carbocycles. The van der Waals surface area contributed by atoms with E-state index in [1.165, 1.54) is 12.1 Å². The zero-order valence-corrected chi connectivity index (χ0v) is 16.9. The third kappa shape index (κ3) is 4.35. The van der Waals surface area contributed by atoms with Crippen LogP contribution in [0.2, 0.25) is 5.02 Å². The second-order valence-electron chi connectivity index (χ2n) is 6.52. The fraction of sp³-hybridized carbons (Fsp3) is 0.412. The highest BCUT2D eigenvalue weighted by Gasteiger charge is 2.28. The van der Waals surface area contributed by atoms with Gasteiger partial charge < -0.3 is 9.30 Å². The molecule has 0 spiro atoms. The van der Waals surface area contributed by atoms with E-state index in [1.54, 1.807) is 24.7 Å². The number of carbonyl (C=O) groups excluding carboxylic acids is 1. The number of sulfonamides is 1. The molecule has 1 aliphatic heterocycles. The average Bonchev–Trinajstić information content (AvgIpc) is 3.01. The van der Waals surface area contributed by atoms with Gasteiger partial charge in [-0.05, 0) is 31.9 Å². The predicted molar refractivity (Wildman–Crippen MR) is 102 cm³/mol. The van der Waals surface area contributed by atoms with Gasteiger partial charge >= 0.3 is 0 Å². The van der Waals surface area contributed by atoms with Crippen LogP contribution in [-0.4, -0.2) is 42.3 Å². The van der Waals surface area contributed by atoms with Gasteiger partial charge in [0, 0.05) is 32.0 Å². The molecule has 152 valence electrons. The summed E-state index contributed by atoms with van der Waals surface area (Å²) in [6.45, 7) is 2.46. The average molecular weight is 431 g/mol. The maximum Gasteiger partial charge on any atom is 0.269 e. The van der Waals surface area contributed by atoms with Crippen molar-refractivity contribution in [3.63, 3.8) is 0 Å². The summed E-state index contributed by atoms with van der Waals surface area (Å²) in [6, 6.07) is 2.64. The third-order valence-electron chi connectivity index (χ3n) is 4.59. The first kappa shape index (κ1) is 20.7. The van der Waals surface area contributed by atoms with E-state index in [4.69, 9.17) is 16.3 Å². The molecule has 1 aliphatic rings. The van der Waals surface area contributed by atoms with Crippen LogP contribution in [0.4, 0.5) is 4.39 Å². The quantitative estimate of drug-likeness (QED) is 0.705. The van der Waals surface area contributed by atoms with Crippen molar-refractivity contribution < 1.29 is 22.3 Å². The number of hydrazine groups is 1. The number of amides is 1. The van der Waals surface area contributed by atoms with Crippen molar-refractivity contribution in [2.75, 3.05) is 13.2 Å². The van der Waals surface area contributed by atoms with Gasteiger partial charge in [-0.3, -0.25) is 10.2 Å². The summed E-state index contributed by atoms with van der Waals surface area (Å²) >= 11 is 5.93. The highest BCUT2D eigenvalue weighted by molar-refractivity contribution is 7.90. The zero-order valence-electron chi connectivity index (χ0n) is 15.3. The number of nitrogens with one attached hydrogen (secondary N) is 2. The molecule has 8 nitrogen and oxygen atoms in total. The SMILES string of the molecule is Cc1nc(-c2cc(Cl)c(F)c(C(=O)NNS(=O)(=O)C3CCOCC3)c2)cn1C. The Morgan fingerprint density at radius 3 is 2.64 bits per heavy atom. The highest BCUT2D eigenvalue weighted by atomic mass is 35.5. The van der Waals surface area contributed by atoms with Gasteiger partial charge in [0.05, 0.1) is 21.5 Å². The Balaban J connectivity index is 1.81. The van der Waals surface area contributed by atoms with Crippen LogP contribution in [0.5, 0.6) is 0 Å². The number of halogens is 2. The number of imidazole rings is 1. The van der Waals surface area contributed by atoms with E-state index in [2.05, 4.69) is 10.4 Å². The van der Waals surface area contributed by atoms with Gasteiger partial charge in [-0.1, -0.05) is 11.6 Å². The minimum absolute atomic E-state index is 0.266. The van der Waals surface area contributed by atoms with E-state index in [0.717, 1.165) is 5.82 Å². The van der Waals surface area contributed by atoms with Gasteiger partial charge in [0.25, 0.3) is 5.91 Å². The summed E-state index contributed by atoms with van der Waals surface area (Å²) in [6.07, 6.45) is 2.36. The second-order valence-corrected chi connectivity index (χ2v) is 8.88. The number of nitrogens with zero attached hydrogens (tertiary/aromatic N) is 2. The number of benzene rings is 1. The van der Waals surface area contributed by atoms with E-state index in [-0.39, 0.29) is 10.6 Å². The number of ether oxygens (including phenoxy) is 1. The molecule has 2 aromatic rings. The van der Waals surface area contributed by atoms with Crippen molar-refractivity contribution in [3.8, 4) is 11.3 Å². The smallest absolute Gasteiger partial charge is 0.269 e. The fourth-order valence-electron chi connectivity index (χ4n) is 2.85. The first-order chi connectivity index (χ1) is 13.2. The van der Waals surface area contributed by atoms with Crippen LogP contribution in [0.3, 0.4) is 0 Å². The maximum atomic E-state index is 14.4. The van der Waals surface area contributed by atoms with Gasteiger partial charge in [0.1, 0.15) is 5.82 Å². The molecule has 1 fully saturated rings. The Labute approximate surface area is 167 Å². The second kappa shape index (κ2) is 8.16. The summed E-state index contributed by atoms with van der Waals surface area (Å²) in [5, 5.41) is -0.948. The number of carbonyl (C=O) groups is 1. The Morgan fingerprint density at radius 1 is 1.36 bits per heavy atom. The van der Waals surface area contributed by atoms with Crippen LogP contribution in [0.1, 0.15) is 29.0 Å². The van der Waals surface area contributed by atoms with E-state index in [1.807, 2.05) is 4.83 Å².